The number of carbonyl (C=O) groups excluding carboxylic acids is 1. The fraction of sp³-hybridized carbons (Fsp3) is 0.444. The molecule has 0 radical (unpaired) electrons. The van der Waals surface area contributed by atoms with E-state index in [-0.39, 0.29) is 5.69 Å². The van der Waals surface area contributed by atoms with Gasteiger partial charge in [-0.3, -0.25) is 0 Å². The summed E-state index contributed by atoms with van der Waals surface area (Å²) in [5, 5.41) is 8.00. The van der Waals surface area contributed by atoms with Crippen molar-refractivity contribution >= 4 is 17.6 Å². The van der Waals surface area contributed by atoms with Crippen LogP contribution in [0.3, 0.4) is 0 Å². The molecule has 1 aliphatic rings. The molecule has 2 rings (SSSR count). The van der Waals surface area contributed by atoms with Crippen molar-refractivity contribution in [2.24, 2.45) is 0 Å². The van der Waals surface area contributed by atoms with Crippen molar-refractivity contribution in [2.45, 2.75) is 18.8 Å². The molecule has 1 aromatic rings. The highest BCUT2D eigenvalue weighted by Crippen LogP contribution is 2.39. The number of aromatic nitrogens is 2. The number of ether oxygens (including phenoxy) is 1. The Morgan fingerprint density at radius 1 is 1.57 bits per heavy atom. The number of hydrogen-bond donors (Lipinski definition) is 0. The monoisotopic (exact) mass is 212 g/mol. The predicted molar refractivity (Wildman–Crippen MR) is 50.4 cm³/mol. The first-order chi connectivity index (χ1) is 6.72. The lowest BCUT2D eigenvalue weighted by Crippen LogP contribution is -2.07. The third-order valence-corrected chi connectivity index (χ3v) is 2.43. The van der Waals surface area contributed by atoms with Gasteiger partial charge in [-0.25, -0.2) is 4.79 Å². The van der Waals surface area contributed by atoms with Gasteiger partial charge < -0.3 is 4.74 Å². The number of methoxy groups -OCH3 is 1. The molecule has 0 bridgehead atoms. The molecule has 14 heavy (non-hydrogen) atoms. The van der Waals surface area contributed by atoms with Crippen LogP contribution in [-0.2, 0) is 4.74 Å². The molecule has 0 atom stereocenters. The zero-order chi connectivity index (χ0) is 10.1. The Kier molecular flexibility index (Phi) is 2.37. The fourth-order valence-electron chi connectivity index (χ4n) is 1.20. The summed E-state index contributed by atoms with van der Waals surface area (Å²) in [6, 6.07) is 1.69. The van der Waals surface area contributed by atoms with Crippen LogP contribution in [0.25, 0.3) is 0 Å². The lowest BCUT2D eigenvalue weighted by atomic mass is 10.2. The van der Waals surface area contributed by atoms with Gasteiger partial charge in [0, 0.05) is 5.92 Å². The molecule has 0 aliphatic heterocycles. The Balaban J connectivity index is 2.30. The molecule has 1 saturated carbocycles. The molecule has 0 aromatic carbocycles. The number of hydrogen-bond acceptors (Lipinski definition) is 4. The van der Waals surface area contributed by atoms with Crippen LogP contribution in [-0.4, -0.2) is 23.3 Å². The van der Waals surface area contributed by atoms with Crippen LogP contribution in [0.15, 0.2) is 6.07 Å². The van der Waals surface area contributed by atoms with Gasteiger partial charge in [-0.05, 0) is 18.9 Å². The molecule has 0 N–H and O–H groups in total. The molecular weight excluding hydrogens is 204 g/mol. The minimum atomic E-state index is -0.551. The largest absolute Gasteiger partial charge is 0.464 e. The third kappa shape index (κ3) is 1.70. The molecule has 0 unspecified atom stereocenters. The van der Waals surface area contributed by atoms with E-state index in [0.717, 1.165) is 18.5 Å². The first-order valence-electron chi connectivity index (χ1n) is 4.34. The van der Waals surface area contributed by atoms with Gasteiger partial charge >= 0.3 is 5.97 Å². The molecule has 4 nitrogen and oxygen atoms in total. The first-order valence-corrected chi connectivity index (χ1v) is 4.71. The van der Waals surface area contributed by atoms with Crippen molar-refractivity contribution in [3.05, 3.63) is 22.5 Å². The van der Waals surface area contributed by atoms with E-state index in [9.17, 15) is 4.79 Å². The molecule has 0 amide bonds. The second kappa shape index (κ2) is 3.53. The maximum absolute atomic E-state index is 11.1. The number of esters is 1. The van der Waals surface area contributed by atoms with E-state index in [1.807, 2.05) is 0 Å². The van der Waals surface area contributed by atoms with Crippen molar-refractivity contribution in [2.75, 3.05) is 7.11 Å². The van der Waals surface area contributed by atoms with Gasteiger partial charge in [-0.2, -0.15) is 5.10 Å². The van der Waals surface area contributed by atoms with Crippen LogP contribution in [0.1, 0.15) is 34.9 Å². The quantitative estimate of drug-likeness (QED) is 0.702. The van der Waals surface area contributed by atoms with E-state index in [2.05, 4.69) is 14.9 Å². The Hall–Kier alpha value is -1.16. The highest BCUT2D eigenvalue weighted by molar-refractivity contribution is 6.33. The predicted octanol–water partition coefficient (Wildman–Crippen LogP) is 1.79. The van der Waals surface area contributed by atoms with Gasteiger partial charge in [0.15, 0.2) is 5.69 Å². The van der Waals surface area contributed by atoms with Crippen molar-refractivity contribution < 1.29 is 9.53 Å². The molecule has 5 heteroatoms. The highest BCUT2D eigenvalue weighted by Gasteiger charge is 2.27. The van der Waals surface area contributed by atoms with E-state index in [1.54, 1.807) is 6.07 Å². The molecule has 1 aliphatic carbocycles. The zero-order valence-corrected chi connectivity index (χ0v) is 8.41. The van der Waals surface area contributed by atoms with Crippen LogP contribution in [0, 0.1) is 0 Å². The van der Waals surface area contributed by atoms with Crippen molar-refractivity contribution in [1.29, 1.82) is 0 Å². The van der Waals surface area contributed by atoms with E-state index >= 15 is 0 Å². The molecule has 0 spiro atoms. The van der Waals surface area contributed by atoms with E-state index in [0.29, 0.717) is 10.9 Å². The smallest absolute Gasteiger partial charge is 0.360 e. The van der Waals surface area contributed by atoms with Gasteiger partial charge in [-0.1, -0.05) is 11.6 Å². The van der Waals surface area contributed by atoms with Crippen LogP contribution in [0.5, 0.6) is 0 Å². The van der Waals surface area contributed by atoms with Gasteiger partial charge in [0.25, 0.3) is 0 Å². The minimum absolute atomic E-state index is 0.0820. The summed E-state index contributed by atoms with van der Waals surface area (Å²) < 4.78 is 4.51. The molecule has 74 valence electrons. The standard InChI is InChI=1S/C9H9ClN2O2/c1-14-9(13)8-6(10)4-7(11-12-8)5-2-3-5/h4-5H,2-3H2,1H3. The average molecular weight is 213 g/mol. The van der Waals surface area contributed by atoms with Crippen LogP contribution in [0.2, 0.25) is 5.02 Å². The topological polar surface area (TPSA) is 52.1 Å². The Morgan fingerprint density at radius 3 is 2.79 bits per heavy atom. The number of rotatable bonds is 2. The van der Waals surface area contributed by atoms with E-state index in [4.69, 9.17) is 11.6 Å². The summed E-state index contributed by atoms with van der Waals surface area (Å²) in [5.74, 6) is -0.0726. The fourth-order valence-corrected chi connectivity index (χ4v) is 1.42. The second-order valence-electron chi connectivity index (χ2n) is 3.23. The average Bonchev–Trinajstić information content (AvgIpc) is 3.00. The summed E-state index contributed by atoms with van der Waals surface area (Å²) in [6.07, 6.45) is 2.26. The van der Waals surface area contributed by atoms with Gasteiger partial charge in [0.2, 0.25) is 0 Å². The minimum Gasteiger partial charge on any atom is -0.464 e. The molecule has 1 fully saturated rings. The van der Waals surface area contributed by atoms with Gasteiger partial charge in [0.1, 0.15) is 0 Å². The van der Waals surface area contributed by atoms with Crippen LogP contribution < -0.4 is 0 Å². The van der Waals surface area contributed by atoms with Crippen molar-refractivity contribution in [3.63, 3.8) is 0 Å². The second-order valence-corrected chi connectivity index (χ2v) is 3.64. The van der Waals surface area contributed by atoms with Gasteiger partial charge in [-0.15, -0.1) is 5.10 Å². The molecule has 1 aromatic heterocycles. The molecule has 0 saturated heterocycles. The maximum Gasteiger partial charge on any atom is 0.360 e. The number of halogens is 1. The summed E-state index contributed by atoms with van der Waals surface area (Å²) in [7, 11) is 1.29. The summed E-state index contributed by atoms with van der Waals surface area (Å²) in [5.41, 5.74) is 0.946. The third-order valence-electron chi connectivity index (χ3n) is 2.14. The normalized spacial score (nSPS) is 15.3. The van der Waals surface area contributed by atoms with Crippen LogP contribution >= 0.6 is 11.6 Å². The van der Waals surface area contributed by atoms with Crippen LogP contribution in [0.4, 0.5) is 0 Å². The maximum atomic E-state index is 11.1. The SMILES string of the molecule is COC(=O)c1nnc(C2CC2)cc1Cl. The Morgan fingerprint density at radius 2 is 2.29 bits per heavy atom. The van der Waals surface area contributed by atoms with E-state index in [1.165, 1.54) is 7.11 Å². The lowest BCUT2D eigenvalue weighted by Gasteiger charge is -2.01. The van der Waals surface area contributed by atoms with Gasteiger partial charge in [0.05, 0.1) is 17.8 Å². The number of nitrogens with zero attached hydrogens (tertiary/aromatic N) is 2. The lowest BCUT2D eigenvalue weighted by molar-refractivity contribution is 0.0593. The Bertz CT molecular complexity index is 377. The first kappa shape index (κ1) is 9.40. The summed E-state index contributed by atoms with van der Waals surface area (Å²) >= 11 is 5.87. The van der Waals surface area contributed by atoms with E-state index < -0.39 is 5.97 Å². The number of carbonyl (C=O) groups is 1. The highest BCUT2D eigenvalue weighted by atomic mass is 35.5. The Labute approximate surface area is 86.2 Å². The van der Waals surface area contributed by atoms with Crippen molar-refractivity contribution in [3.8, 4) is 0 Å². The zero-order valence-electron chi connectivity index (χ0n) is 7.66. The molecular formula is C9H9ClN2O2. The van der Waals surface area contributed by atoms with Crippen molar-refractivity contribution in [1.82, 2.24) is 10.2 Å². The summed E-state index contributed by atoms with van der Waals surface area (Å²) in [4.78, 5) is 11.1. The molecule has 1 heterocycles. The summed E-state index contributed by atoms with van der Waals surface area (Å²) in [6.45, 7) is 0.